The lowest BCUT2D eigenvalue weighted by atomic mass is 9.93. The number of aliphatic hydroxyl groups is 1. The van der Waals surface area contributed by atoms with E-state index in [4.69, 9.17) is 5.11 Å². The van der Waals surface area contributed by atoms with Crippen molar-refractivity contribution in [2.24, 2.45) is 11.1 Å². The Morgan fingerprint density at radius 2 is 1.72 bits per heavy atom. The maximum absolute atomic E-state index is 12.1. The predicted molar refractivity (Wildman–Crippen MR) is 148 cm³/mol. The zero-order valence-corrected chi connectivity index (χ0v) is 24.1. The topological polar surface area (TPSA) is 113 Å². The molecule has 0 aromatic rings. The Morgan fingerprint density at radius 1 is 1.19 bits per heavy atom. The number of carbonyl (C=O) groups excluding carboxylic acids is 3. The summed E-state index contributed by atoms with van der Waals surface area (Å²) in [5, 5.41) is 11.5. The molecule has 7 nitrogen and oxygen atoms in total. The van der Waals surface area contributed by atoms with Crippen molar-refractivity contribution in [3.8, 4) is 0 Å². The Kier molecular flexibility index (Phi) is 22.1. The van der Waals surface area contributed by atoms with Crippen LogP contribution in [-0.4, -0.2) is 67.1 Å². The van der Waals surface area contributed by atoms with Gasteiger partial charge in [-0.2, -0.15) is 0 Å². The summed E-state index contributed by atoms with van der Waals surface area (Å²) in [6.07, 6.45) is 7.79. The molecule has 0 aromatic carbocycles. The van der Waals surface area contributed by atoms with Crippen molar-refractivity contribution in [2.45, 2.75) is 92.8 Å². The Bertz CT molecular complexity index is 696. The van der Waals surface area contributed by atoms with Gasteiger partial charge < -0.3 is 25.9 Å². The van der Waals surface area contributed by atoms with Crippen molar-refractivity contribution in [1.82, 2.24) is 10.2 Å². The van der Waals surface area contributed by atoms with Gasteiger partial charge in [-0.15, -0.1) is 0 Å². The van der Waals surface area contributed by atoms with E-state index in [1.807, 2.05) is 74.6 Å². The fourth-order valence-corrected chi connectivity index (χ4v) is 2.31. The van der Waals surface area contributed by atoms with Crippen molar-refractivity contribution in [3.05, 3.63) is 35.5 Å². The summed E-state index contributed by atoms with van der Waals surface area (Å²) in [6, 6.07) is 0. The number of β-amino-alcohol motifs (C(OH)–C–C–N with tert-alkyl or cyclic N) is 1. The number of aldehydes is 1. The number of likely N-dealkylation sites (tertiary alicyclic amines) is 1. The summed E-state index contributed by atoms with van der Waals surface area (Å²) < 4.78 is 12.1. The lowest BCUT2D eigenvalue weighted by Crippen LogP contribution is -2.25. The highest BCUT2D eigenvalue weighted by Gasteiger charge is 2.49. The molecule has 2 fully saturated rings. The minimum absolute atomic E-state index is 0.0509. The van der Waals surface area contributed by atoms with Gasteiger partial charge in [-0.05, 0) is 58.1 Å². The number of hydrogen-bond acceptors (Lipinski definition) is 5. The van der Waals surface area contributed by atoms with Gasteiger partial charge in [0.25, 0.3) is 5.91 Å². The Balaban J connectivity index is -0.000000409. The summed E-state index contributed by atoms with van der Waals surface area (Å²) in [7, 11) is 2.02. The number of rotatable bonds is 7. The molecule has 1 heterocycles. The number of hydrogen-bond donors (Lipinski definition) is 3. The average molecular weight is 514 g/mol. The molecule has 8 heteroatoms. The number of nitrogens with one attached hydrogen (secondary N) is 1. The van der Waals surface area contributed by atoms with E-state index in [2.05, 4.69) is 22.5 Å². The third-order valence-corrected chi connectivity index (χ3v) is 4.78. The summed E-state index contributed by atoms with van der Waals surface area (Å²) in [6.45, 7) is 22.4. The van der Waals surface area contributed by atoms with Crippen molar-refractivity contribution in [1.29, 1.82) is 0 Å². The molecule has 1 aliphatic heterocycles. The molecular formula is C28H52FN3O4. The maximum atomic E-state index is 12.1. The Hall–Kier alpha value is -2.32. The summed E-state index contributed by atoms with van der Waals surface area (Å²) in [5.74, 6) is -0.812. The second kappa shape index (κ2) is 20.8. The summed E-state index contributed by atoms with van der Waals surface area (Å²) in [4.78, 5) is 32.0. The van der Waals surface area contributed by atoms with Gasteiger partial charge in [0.2, 0.25) is 6.41 Å². The first-order valence-electron chi connectivity index (χ1n) is 12.5. The van der Waals surface area contributed by atoms with Crippen molar-refractivity contribution >= 4 is 18.6 Å². The first-order chi connectivity index (χ1) is 16.6. The molecule has 0 aromatic heterocycles. The number of nitrogens with zero attached hydrogens (tertiary/aromatic N) is 1. The molecule has 0 spiro atoms. The van der Waals surface area contributed by atoms with E-state index in [0.29, 0.717) is 32.2 Å². The van der Waals surface area contributed by atoms with Crippen LogP contribution in [0.25, 0.3) is 0 Å². The zero-order chi connectivity index (χ0) is 28.9. The molecule has 2 aliphatic rings. The minimum Gasteiger partial charge on any atom is -0.392 e. The predicted octanol–water partition coefficient (Wildman–Crippen LogP) is 4.51. The van der Waals surface area contributed by atoms with Gasteiger partial charge in [0, 0.05) is 26.1 Å². The van der Waals surface area contributed by atoms with Gasteiger partial charge in [-0.3, -0.25) is 9.59 Å². The van der Waals surface area contributed by atoms with Crippen LogP contribution in [0.1, 0.15) is 81.1 Å². The number of allylic oxidation sites excluding steroid dienone is 3. The van der Waals surface area contributed by atoms with Gasteiger partial charge in [0.15, 0.2) is 5.67 Å². The van der Waals surface area contributed by atoms with Gasteiger partial charge in [-0.25, -0.2) is 4.39 Å². The van der Waals surface area contributed by atoms with Crippen LogP contribution < -0.4 is 11.1 Å². The highest BCUT2D eigenvalue weighted by Crippen LogP contribution is 2.38. The van der Waals surface area contributed by atoms with Crippen molar-refractivity contribution in [3.63, 3.8) is 0 Å². The van der Waals surface area contributed by atoms with Gasteiger partial charge in [0.1, 0.15) is 6.29 Å². The minimum atomic E-state index is -1.61. The number of carbonyl (C=O) groups is 3. The van der Waals surface area contributed by atoms with Crippen LogP contribution in [0, 0.1) is 5.41 Å². The fraction of sp³-hybridized carbons (Fsp3) is 0.679. The first-order valence-corrected chi connectivity index (χ1v) is 12.5. The number of alkyl halides is 1. The molecule has 210 valence electrons. The second-order valence-electron chi connectivity index (χ2n) is 10.2. The van der Waals surface area contributed by atoms with E-state index in [0.717, 1.165) is 36.9 Å². The van der Waals surface area contributed by atoms with E-state index in [-0.39, 0.29) is 11.5 Å². The number of primary amides is 1. The quantitative estimate of drug-likeness (QED) is 0.343. The molecule has 2 rings (SSSR count). The number of halogens is 1. The van der Waals surface area contributed by atoms with Crippen LogP contribution >= 0.6 is 0 Å². The smallest absolute Gasteiger partial charge is 0.255 e. The molecule has 1 saturated carbocycles. The van der Waals surface area contributed by atoms with Crippen LogP contribution in [0.3, 0.4) is 0 Å². The molecule has 1 atom stereocenters. The number of likely N-dealkylation sites (N-methyl/N-ethyl adjacent to an activating group) is 1. The van der Waals surface area contributed by atoms with Crippen LogP contribution in [0.4, 0.5) is 4.39 Å². The molecule has 1 aliphatic carbocycles. The second-order valence-corrected chi connectivity index (χ2v) is 10.2. The van der Waals surface area contributed by atoms with Crippen molar-refractivity contribution in [2.75, 3.05) is 26.7 Å². The molecule has 0 bridgehead atoms. The standard InChI is InChI=1S/C11H17NO.C6H12O.C5H11NO.C4H6FNO.C2H6/c1-9(2)5-6-11(10(3)4)7-12-8-13;1-6(2,3)4-5-7;1-6-3-2-5(7)4-6;5-4(1-2-4)3(6)7;1-2/h5-6,8H,1,7H2,2-4H3,(H,12,13);5H,4H2,1-3H3;5,7H,2-4H2,1H3;1-2H2,(H2,6,7);1-2H3/b6-5-;;;;. The van der Waals surface area contributed by atoms with E-state index in [1.165, 1.54) is 5.57 Å². The largest absolute Gasteiger partial charge is 0.392 e. The summed E-state index contributed by atoms with van der Waals surface area (Å²) >= 11 is 0. The number of nitrogens with two attached hydrogens (primary N) is 1. The van der Waals surface area contributed by atoms with Crippen LogP contribution in [0.2, 0.25) is 0 Å². The zero-order valence-electron chi connectivity index (χ0n) is 24.1. The molecular weight excluding hydrogens is 461 g/mol. The van der Waals surface area contributed by atoms with Crippen molar-refractivity contribution < 1.29 is 23.9 Å². The average Bonchev–Trinajstić information content (AvgIpc) is 3.42. The third-order valence-electron chi connectivity index (χ3n) is 4.78. The first kappa shape index (κ1) is 38.2. The van der Waals surface area contributed by atoms with Crippen LogP contribution in [0.5, 0.6) is 0 Å². The lowest BCUT2D eigenvalue weighted by Gasteiger charge is -2.11. The van der Waals surface area contributed by atoms with E-state index >= 15 is 0 Å². The molecule has 36 heavy (non-hydrogen) atoms. The maximum Gasteiger partial charge on any atom is 0.255 e. The SMILES string of the molecule is C=C(C)/C=C\C(CNC=O)=C(C)C.CC.CC(C)(C)CC=O.CN1CCC(O)C1.NC(=O)C1(F)CC1. The van der Waals surface area contributed by atoms with Gasteiger partial charge >= 0.3 is 0 Å². The highest BCUT2D eigenvalue weighted by atomic mass is 19.1. The number of amides is 2. The molecule has 1 unspecified atom stereocenters. The van der Waals surface area contributed by atoms with E-state index < -0.39 is 11.6 Å². The Morgan fingerprint density at radius 3 is 1.89 bits per heavy atom. The molecule has 1 saturated heterocycles. The van der Waals surface area contributed by atoms with Gasteiger partial charge in [0.05, 0.1) is 6.10 Å². The number of aliphatic hydroxyl groups excluding tert-OH is 1. The van der Waals surface area contributed by atoms with E-state index in [1.54, 1.807) is 0 Å². The Labute approximate surface area is 219 Å². The molecule has 2 amide bonds. The van der Waals surface area contributed by atoms with Crippen LogP contribution in [-0.2, 0) is 14.4 Å². The monoisotopic (exact) mass is 513 g/mol. The summed E-state index contributed by atoms with van der Waals surface area (Å²) in [5.41, 5.74) is 6.51. The molecule has 4 N–H and O–H groups in total. The van der Waals surface area contributed by atoms with Gasteiger partial charge in [-0.1, -0.05) is 64.5 Å². The van der Waals surface area contributed by atoms with Crippen LogP contribution in [0.15, 0.2) is 35.5 Å². The fourth-order valence-electron chi connectivity index (χ4n) is 2.31. The highest BCUT2D eigenvalue weighted by molar-refractivity contribution is 5.86. The lowest BCUT2D eigenvalue weighted by molar-refractivity contribution is -0.124. The van der Waals surface area contributed by atoms with E-state index in [9.17, 15) is 18.8 Å². The third kappa shape index (κ3) is 24.8. The molecule has 0 radical (unpaired) electrons. The normalized spacial score (nSPS) is 17.2.